The predicted molar refractivity (Wildman–Crippen MR) is 60.5 cm³/mol. The Morgan fingerprint density at radius 2 is 1.27 bits per heavy atom. The molecular weight excluding hydrogens is 192 g/mol. The van der Waals surface area contributed by atoms with E-state index in [0.29, 0.717) is 0 Å². The molecule has 1 heterocycles. The number of hydrogen-bond acceptors (Lipinski definition) is 4. The topological polar surface area (TPSA) is 24.5 Å². The second kappa shape index (κ2) is 5.80. The van der Waals surface area contributed by atoms with Crippen molar-refractivity contribution in [1.29, 1.82) is 0 Å². The van der Waals surface area contributed by atoms with Gasteiger partial charge in [-0.3, -0.25) is 0 Å². The van der Waals surface area contributed by atoms with Crippen LogP contribution in [0.3, 0.4) is 0 Å². The lowest BCUT2D eigenvalue weighted by atomic mass is 10.1. The SMILES string of the molecule is CCOCCC1(CCOCC)N(C)N1C. The second-order valence-corrected chi connectivity index (χ2v) is 3.92. The summed E-state index contributed by atoms with van der Waals surface area (Å²) < 4.78 is 10.8. The van der Waals surface area contributed by atoms with Crippen LogP contribution >= 0.6 is 0 Å². The Morgan fingerprint density at radius 1 is 0.867 bits per heavy atom. The minimum absolute atomic E-state index is 0.185. The molecule has 0 amide bonds. The minimum atomic E-state index is 0.185. The molecule has 0 saturated carbocycles. The van der Waals surface area contributed by atoms with Crippen LogP contribution in [-0.4, -0.2) is 56.2 Å². The standard InChI is InChI=1S/C11H24N2O2/c1-5-14-9-7-11(8-10-15-6-2)12(3)13(11)4/h5-10H2,1-4H3. The van der Waals surface area contributed by atoms with Crippen molar-refractivity contribution in [2.45, 2.75) is 32.4 Å². The van der Waals surface area contributed by atoms with Gasteiger partial charge in [0.2, 0.25) is 0 Å². The van der Waals surface area contributed by atoms with E-state index < -0.39 is 0 Å². The van der Waals surface area contributed by atoms with Crippen molar-refractivity contribution in [2.24, 2.45) is 0 Å². The lowest BCUT2D eigenvalue weighted by Crippen LogP contribution is -2.23. The highest BCUT2D eigenvalue weighted by molar-refractivity contribution is 4.97. The molecule has 1 aliphatic rings. The average Bonchev–Trinajstić information content (AvgIpc) is 2.73. The summed E-state index contributed by atoms with van der Waals surface area (Å²) in [5.74, 6) is 0. The molecule has 0 spiro atoms. The van der Waals surface area contributed by atoms with Gasteiger partial charge >= 0.3 is 0 Å². The van der Waals surface area contributed by atoms with E-state index in [0.717, 1.165) is 39.3 Å². The maximum Gasteiger partial charge on any atom is 0.104 e. The van der Waals surface area contributed by atoms with Crippen LogP contribution in [-0.2, 0) is 9.47 Å². The summed E-state index contributed by atoms with van der Waals surface area (Å²) >= 11 is 0. The lowest BCUT2D eigenvalue weighted by molar-refractivity contribution is 0.103. The molecule has 0 radical (unpaired) electrons. The minimum Gasteiger partial charge on any atom is -0.382 e. The fraction of sp³-hybridized carbons (Fsp3) is 1.00. The summed E-state index contributed by atoms with van der Waals surface area (Å²) in [6.45, 7) is 7.33. The van der Waals surface area contributed by atoms with Crippen LogP contribution in [0.1, 0.15) is 26.7 Å². The second-order valence-electron chi connectivity index (χ2n) is 3.92. The van der Waals surface area contributed by atoms with Gasteiger partial charge in [0.15, 0.2) is 0 Å². The summed E-state index contributed by atoms with van der Waals surface area (Å²) in [5.41, 5.74) is 0.185. The van der Waals surface area contributed by atoms with Crippen molar-refractivity contribution in [1.82, 2.24) is 10.0 Å². The number of hydrogen-bond donors (Lipinski definition) is 0. The molecule has 0 aromatic carbocycles. The van der Waals surface area contributed by atoms with Crippen molar-refractivity contribution in [3.8, 4) is 0 Å². The first-order chi connectivity index (χ1) is 7.19. The van der Waals surface area contributed by atoms with Gasteiger partial charge in [-0.05, 0) is 13.8 Å². The van der Waals surface area contributed by atoms with Gasteiger partial charge in [0.25, 0.3) is 0 Å². The zero-order valence-corrected chi connectivity index (χ0v) is 10.5. The molecule has 1 saturated heterocycles. The first-order valence-corrected chi connectivity index (χ1v) is 5.82. The van der Waals surface area contributed by atoms with Crippen molar-refractivity contribution >= 4 is 0 Å². The summed E-state index contributed by atoms with van der Waals surface area (Å²) in [6, 6.07) is 0. The molecule has 0 N–H and O–H groups in total. The Morgan fingerprint density at radius 3 is 1.53 bits per heavy atom. The molecule has 4 nitrogen and oxygen atoms in total. The van der Waals surface area contributed by atoms with Crippen molar-refractivity contribution < 1.29 is 9.47 Å². The van der Waals surface area contributed by atoms with Crippen LogP contribution < -0.4 is 0 Å². The maximum atomic E-state index is 5.42. The molecule has 4 heteroatoms. The van der Waals surface area contributed by atoms with E-state index in [-0.39, 0.29) is 5.66 Å². The highest BCUT2D eigenvalue weighted by Gasteiger charge is 2.54. The quantitative estimate of drug-likeness (QED) is 0.451. The summed E-state index contributed by atoms with van der Waals surface area (Å²) in [5, 5.41) is 4.54. The third kappa shape index (κ3) is 2.91. The van der Waals surface area contributed by atoms with Gasteiger partial charge in [0.1, 0.15) is 5.66 Å². The first-order valence-electron chi connectivity index (χ1n) is 5.82. The molecule has 1 aliphatic heterocycles. The van der Waals surface area contributed by atoms with E-state index in [1.165, 1.54) is 0 Å². The number of nitrogens with zero attached hydrogens (tertiary/aromatic N) is 2. The van der Waals surface area contributed by atoms with Gasteiger partial charge in [0.05, 0.1) is 0 Å². The third-order valence-corrected chi connectivity index (χ3v) is 3.32. The monoisotopic (exact) mass is 216 g/mol. The molecule has 1 fully saturated rings. The molecule has 0 aliphatic carbocycles. The van der Waals surface area contributed by atoms with Crippen LogP contribution in [0, 0.1) is 0 Å². The molecule has 2 atom stereocenters. The van der Waals surface area contributed by atoms with Gasteiger partial charge in [-0.15, -0.1) is 0 Å². The molecule has 15 heavy (non-hydrogen) atoms. The van der Waals surface area contributed by atoms with E-state index >= 15 is 0 Å². The van der Waals surface area contributed by atoms with Gasteiger partial charge in [0, 0.05) is 53.4 Å². The van der Waals surface area contributed by atoms with Crippen LogP contribution in [0.4, 0.5) is 0 Å². The predicted octanol–water partition coefficient (Wildman–Crippen LogP) is 1.33. The first kappa shape index (κ1) is 12.9. The summed E-state index contributed by atoms with van der Waals surface area (Å²) in [6.07, 6.45) is 2.11. The van der Waals surface area contributed by atoms with Crippen LogP contribution in [0.25, 0.3) is 0 Å². The number of hydrazine groups is 1. The van der Waals surface area contributed by atoms with E-state index in [9.17, 15) is 0 Å². The fourth-order valence-corrected chi connectivity index (χ4v) is 2.08. The summed E-state index contributed by atoms with van der Waals surface area (Å²) in [4.78, 5) is 0. The van der Waals surface area contributed by atoms with E-state index in [1.54, 1.807) is 0 Å². The van der Waals surface area contributed by atoms with Gasteiger partial charge < -0.3 is 9.47 Å². The molecule has 0 aromatic rings. The smallest absolute Gasteiger partial charge is 0.104 e. The van der Waals surface area contributed by atoms with Crippen molar-refractivity contribution in [2.75, 3.05) is 40.5 Å². The lowest BCUT2D eigenvalue weighted by Gasteiger charge is -2.14. The van der Waals surface area contributed by atoms with E-state index in [2.05, 4.69) is 24.1 Å². The normalized spacial score (nSPS) is 28.0. The van der Waals surface area contributed by atoms with E-state index in [4.69, 9.17) is 9.47 Å². The maximum absolute atomic E-state index is 5.42. The van der Waals surface area contributed by atoms with Gasteiger partial charge in [-0.1, -0.05) is 0 Å². The van der Waals surface area contributed by atoms with Crippen LogP contribution in [0.2, 0.25) is 0 Å². The molecular formula is C11H24N2O2. The van der Waals surface area contributed by atoms with Gasteiger partial charge in [-0.25, -0.2) is 10.0 Å². The molecule has 1 rings (SSSR count). The largest absolute Gasteiger partial charge is 0.382 e. The van der Waals surface area contributed by atoms with Crippen LogP contribution in [0.15, 0.2) is 0 Å². The van der Waals surface area contributed by atoms with Crippen molar-refractivity contribution in [3.63, 3.8) is 0 Å². The third-order valence-electron chi connectivity index (χ3n) is 3.32. The average molecular weight is 216 g/mol. The van der Waals surface area contributed by atoms with E-state index in [1.807, 2.05) is 13.8 Å². The Balaban J connectivity index is 2.29. The molecule has 2 unspecified atom stereocenters. The Kier molecular flexibility index (Phi) is 4.99. The Hall–Kier alpha value is -0.160. The van der Waals surface area contributed by atoms with Gasteiger partial charge in [-0.2, -0.15) is 0 Å². The highest BCUT2D eigenvalue weighted by atomic mass is 16.5. The Labute approximate surface area is 93.1 Å². The summed E-state index contributed by atoms with van der Waals surface area (Å²) in [7, 11) is 4.25. The molecule has 0 aromatic heterocycles. The molecule has 0 bridgehead atoms. The number of ether oxygens (including phenoxy) is 2. The zero-order chi connectivity index (χ0) is 11.3. The zero-order valence-electron chi connectivity index (χ0n) is 10.5. The fourth-order valence-electron chi connectivity index (χ4n) is 2.08. The van der Waals surface area contributed by atoms with Crippen LogP contribution in [0.5, 0.6) is 0 Å². The number of rotatable bonds is 8. The highest BCUT2D eigenvalue weighted by Crippen LogP contribution is 2.41. The van der Waals surface area contributed by atoms with Crippen molar-refractivity contribution in [3.05, 3.63) is 0 Å². The Bertz CT molecular complexity index is 167. The molecule has 90 valence electrons.